The van der Waals surface area contributed by atoms with Crippen molar-refractivity contribution >= 4 is 56.6 Å². The molecule has 9 rings (SSSR count). The maximum absolute atomic E-state index is 13.8. The summed E-state index contributed by atoms with van der Waals surface area (Å²) >= 11 is 0. The fraction of sp³-hybridized carbons (Fsp3) is 0.292. The van der Waals surface area contributed by atoms with Crippen molar-refractivity contribution in [2.45, 2.75) is 62.9 Å². The first-order valence-electron chi connectivity index (χ1n) is 21.1. The number of methoxy groups -OCH3 is 2. The topological polar surface area (TPSA) is 195 Å². The molecule has 4 amide bonds. The number of aromatic amines is 2. The van der Waals surface area contributed by atoms with Crippen molar-refractivity contribution in [3.05, 3.63) is 120 Å². The number of carbonyl (C=O) groups excluding carboxylic acids is 3. The van der Waals surface area contributed by atoms with Crippen LogP contribution in [0.1, 0.15) is 67.9 Å². The van der Waals surface area contributed by atoms with E-state index in [0.29, 0.717) is 36.7 Å². The molecule has 15 nitrogen and oxygen atoms in total. The third-order valence-corrected chi connectivity index (χ3v) is 12.5. The van der Waals surface area contributed by atoms with E-state index in [1.165, 1.54) is 14.2 Å². The summed E-state index contributed by atoms with van der Waals surface area (Å²) in [7, 11) is 2.77. The first kappa shape index (κ1) is 41.1. The largest absolute Gasteiger partial charge is 0.465 e. The second kappa shape index (κ2) is 17.2. The van der Waals surface area contributed by atoms with Crippen LogP contribution in [0.3, 0.4) is 0 Å². The van der Waals surface area contributed by atoms with Gasteiger partial charge in [-0.25, -0.2) is 19.6 Å². The summed E-state index contributed by atoms with van der Waals surface area (Å²) in [5.41, 5.74) is 6.22. The van der Waals surface area contributed by atoms with Crippen LogP contribution >= 0.6 is 0 Å². The van der Waals surface area contributed by atoms with Crippen LogP contribution in [0.25, 0.3) is 55.0 Å². The molecule has 0 radical (unpaired) electrons. The molecule has 5 N–H and O–H groups in total. The summed E-state index contributed by atoms with van der Waals surface area (Å²) in [5.74, 6) is 0.816. The number of ether oxygens (including phenoxy) is 2. The number of carboxylic acid groups (broad SMARTS) is 1. The molecular formula is C48H48N8O7. The zero-order valence-corrected chi connectivity index (χ0v) is 35.1. The van der Waals surface area contributed by atoms with Crippen LogP contribution in [0.2, 0.25) is 0 Å². The van der Waals surface area contributed by atoms with Crippen LogP contribution in [0.4, 0.5) is 9.59 Å². The van der Waals surface area contributed by atoms with E-state index in [9.17, 15) is 24.3 Å². The van der Waals surface area contributed by atoms with E-state index in [0.717, 1.165) is 74.2 Å². The predicted molar refractivity (Wildman–Crippen MR) is 238 cm³/mol. The molecule has 0 saturated carbocycles. The van der Waals surface area contributed by atoms with Gasteiger partial charge in [0.1, 0.15) is 23.7 Å². The number of likely N-dealkylation sites (tertiary alicyclic amines) is 2. The lowest BCUT2D eigenvalue weighted by molar-refractivity contribution is -0.137. The number of alkyl carbamates (subject to hydrolysis) is 1. The highest BCUT2D eigenvalue weighted by Gasteiger charge is 2.39. The van der Waals surface area contributed by atoms with Gasteiger partial charge in [0.2, 0.25) is 5.91 Å². The number of amides is 4. The maximum Gasteiger partial charge on any atom is 0.407 e. The van der Waals surface area contributed by atoms with E-state index in [-0.39, 0.29) is 23.9 Å². The van der Waals surface area contributed by atoms with Crippen molar-refractivity contribution in [1.29, 1.82) is 0 Å². The molecule has 5 atom stereocenters. The number of hydrogen-bond donors (Lipinski definition) is 5. The van der Waals surface area contributed by atoms with E-state index >= 15 is 0 Å². The summed E-state index contributed by atoms with van der Waals surface area (Å²) in [5, 5.41) is 18.8. The molecule has 0 spiro atoms. The Kier molecular flexibility index (Phi) is 11.3. The Bertz CT molecular complexity index is 2860. The van der Waals surface area contributed by atoms with E-state index in [4.69, 9.17) is 19.4 Å². The van der Waals surface area contributed by atoms with Gasteiger partial charge in [-0.05, 0) is 89.7 Å². The fourth-order valence-corrected chi connectivity index (χ4v) is 9.14. The lowest BCUT2D eigenvalue weighted by Gasteiger charge is -2.30. The Balaban J connectivity index is 0.925. The van der Waals surface area contributed by atoms with Gasteiger partial charge in [0.25, 0.3) is 5.91 Å². The Morgan fingerprint density at radius 1 is 0.746 bits per heavy atom. The average molecular weight is 849 g/mol. The van der Waals surface area contributed by atoms with Crippen LogP contribution in [-0.4, -0.2) is 98.3 Å². The number of carbonyl (C=O) groups is 4. The molecule has 0 aliphatic carbocycles. The van der Waals surface area contributed by atoms with Crippen molar-refractivity contribution in [2.24, 2.45) is 0 Å². The van der Waals surface area contributed by atoms with Gasteiger partial charge >= 0.3 is 12.2 Å². The van der Waals surface area contributed by atoms with Crippen LogP contribution in [0, 0.1) is 0 Å². The molecule has 2 aromatic heterocycles. The number of nitrogens with zero attached hydrogens (tertiary/aromatic N) is 4. The monoisotopic (exact) mass is 848 g/mol. The molecule has 2 aliphatic heterocycles. The highest BCUT2D eigenvalue weighted by atomic mass is 16.5. The van der Waals surface area contributed by atoms with Crippen molar-refractivity contribution < 1.29 is 33.8 Å². The number of imidazole rings is 2. The highest BCUT2D eigenvalue weighted by molar-refractivity contribution is 6.06. The van der Waals surface area contributed by atoms with Crippen molar-refractivity contribution in [1.82, 2.24) is 40.4 Å². The zero-order valence-electron chi connectivity index (χ0n) is 35.1. The third kappa shape index (κ3) is 8.03. The molecule has 2 fully saturated rings. The summed E-state index contributed by atoms with van der Waals surface area (Å²) in [6, 6.07) is 29.5. The number of H-pyrrole nitrogens is 2. The molecule has 2 saturated heterocycles. The van der Waals surface area contributed by atoms with Gasteiger partial charge < -0.3 is 45.0 Å². The Labute approximate surface area is 362 Å². The van der Waals surface area contributed by atoms with Gasteiger partial charge in [0.15, 0.2) is 0 Å². The molecule has 15 heteroatoms. The van der Waals surface area contributed by atoms with Crippen LogP contribution < -0.4 is 10.6 Å². The fourth-order valence-electron chi connectivity index (χ4n) is 9.14. The summed E-state index contributed by atoms with van der Waals surface area (Å²) in [6.07, 6.45) is 2.30. The van der Waals surface area contributed by atoms with Gasteiger partial charge in [-0.15, -0.1) is 0 Å². The quantitative estimate of drug-likeness (QED) is 0.0857. The third-order valence-electron chi connectivity index (χ3n) is 12.5. The van der Waals surface area contributed by atoms with Gasteiger partial charge in [-0.3, -0.25) is 9.59 Å². The summed E-state index contributed by atoms with van der Waals surface area (Å²) in [6.45, 7) is 2.78. The first-order chi connectivity index (χ1) is 30.6. The summed E-state index contributed by atoms with van der Waals surface area (Å²) in [4.78, 5) is 71.5. The second-order valence-corrected chi connectivity index (χ2v) is 16.2. The van der Waals surface area contributed by atoms with Gasteiger partial charge in [-0.1, -0.05) is 72.8 Å². The molecule has 0 bridgehead atoms. The van der Waals surface area contributed by atoms with E-state index < -0.39 is 30.4 Å². The lowest BCUT2D eigenvalue weighted by atomic mass is 9.97. The standard InChI is InChI=1S/C48H48N8O7/c1-27(62-2)40(54-48(61)63-3)45(57)56-22-8-12-39(56)44-50-36-20-18-33-24-32(17-19-35(33)42(36)52-44)29-13-14-31-25-34(16-15-30(31)23-29)37-26-49-43(51-37)38-11-7-21-55(38)46(58)41(53-47(59)60)28-9-5-4-6-10-28/h4-6,9-10,13-20,23-27,38-41,53H,7-8,11-12,21-22H2,1-3H3,(H,49,51)(H,50,52)(H,54,61)(H,59,60)/t27-,38+,39+,40+,41-/m1/s1. The minimum atomic E-state index is -1.26. The number of fused-ring (bicyclic) bond motifs is 4. The van der Waals surface area contributed by atoms with Crippen molar-refractivity contribution in [3.8, 4) is 22.4 Å². The smallest absolute Gasteiger partial charge is 0.407 e. The number of benzene rings is 5. The lowest BCUT2D eigenvalue weighted by Crippen LogP contribution is -2.54. The molecule has 0 unspecified atom stereocenters. The molecule has 322 valence electrons. The van der Waals surface area contributed by atoms with Gasteiger partial charge in [0.05, 0.1) is 48.2 Å². The normalized spacial score (nSPS) is 17.8. The molecule has 5 aromatic carbocycles. The molecule has 2 aliphatic rings. The number of hydrogen-bond acceptors (Lipinski definition) is 8. The van der Waals surface area contributed by atoms with Crippen molar-refractivity contribution in [3.63, 3.8) is 0 Å². The minimum absolute atomic E-state index is 0.248. The number of aromatic nitrogens is 4. The number of rotatable bonds is 11. The Morgan fingerprint density at radius 3 is 2.08 bits per heavy atom. The second-order valence-electron chi connectivity index (χ2n) is 16.2. The van der Waals surface area contributed by atoms with Gasteiger partial charge in [-0.2, -0.15) is 0 Å². The number of nitrogens with one attached hydrogen (secondary N) is 4. The molecular weight excluding hydrogens is 801 g/mol. The average Bonchev–Trinajstić information content (AvgIpc) is 4.16. The molecule has 7 aromatic rings. The Morgan fingerprint density at radius 2 is 1.38 bits per heavy atom. The summed E-state index contributed by atoms with van der Waals surface area (Å²) < 4.78 is 10.2. The van der Waals surface area contributed by atoms with Crippen LogP contribution in [0.15, 0.2) is 103 Å². The van der Waals surface area contributed by atoms with E-state index in [1.807, 2.05) is 12.1 Å². The van der Waals surface area contributed by atoms with Crippen LogP contribution in [-0.2, 0) is 19.1 Å². The molecule has 63 heavy (non-hydrogen) atoms. The van der Waals surface area contributed by atoms with Gasteiger partial charge in [0, 0.05) is 31.1 Å². The Hall–Kier alpha value is -7.26. The maximum atomic E-state index is 13.8. The predicted octanol–water partition coefficient (Wildman–Crippen LogP) is 8.02. The highest BCUT2D eigenvalue weighted by Crippen LogP contribution is 2.37. The van der Waals surface area contributed by atoms with Crippen LogP contribution in [0.5, 0.6) is 0 Å². The first-order valence-corrected chi connectivity index (χ1v) is 21.1. The van der Waals surface area contributed by atoms with E-state index in [2.05, 4.69) is 81.3 Å². The van der Waals surface area contributed by atoms with E-state index in [1.54, 1.807) is 47.2 Å². The molecule has 4 heterocycles. The SMILES string of the molecule is COC(=O)N[C@H](C(=O)N1CCC[C@H]1c1nc2ccc3cc(-c4ccc5cc(-c6cnc([C@@H]7CCCN7C(=O)[C@H](NC(=O)O)c7ccccc7)[nH]6)ccc5c4)ccc3c2[nH]1)[C@@H](C)OC. The van der Waals surface area contributed by atoms with Crippen molar-refractivity contribution in [2.75, 3.05) is 27.3 Å². The zero-order chi connectivity index (χ0) is 43.8. The minimum Gasteiger partial charge on any atom is -0.465 e.